The van der Waals surface area contributed by atoms with Crippen LogP contribution in [0.4, 0.5) is 0 Å². The normalized spacial score (nSPS) is 15.0. The number of carbonyl (C=O) groups is 2. The molecule has 0 bridgehead atoms. The van der Waals surface area contributed by atoms with Gasteiger partial charge in [0, 0.05) is 20.0 Å². The van der Waals surface area contributed by atoms with E-state index in [0.717, 1.165) is 28.9 Å². The van der Waals surface area contributed by atoms with E-state index in [9.17, 15) is 9.59 Å². The SMILES string of the molecule is CC(=O)N1CCc2ccccc2C1CC(=O)NCc1ccc(OCc2ccccc2)cc1. The average molecular weight is 429 g/mol. The molecule has 0 radical (unpaired) electrons. The molecular formula is C27H28N2O3. The zero-order chi connectivity index (χ0) is 22.3. The number of rotatable bonds is 7. The molecule has 1 heterocycles. The lowest BCUT2D eigenvalue weighted by molar-refractivity contribution is -0.133. The molecule has 1 unspecified atom stereocenters. The lowest BCUT2D eigenvalue weighted by Crippen LogP contribution is -2.41. The van der Waals surface area contributed by atoms with E-state index < -0.39 is 0 Å². The van der Waals surface area contributed by atoms with Crippen molar-refractivity contribution in [3.8, 4) is 5.75 Å². The van der Waals surface area contributed by atoms with Gasteiger partial charge in [0.05, 0.1) is 12.5 Å². The van der Waals surface area contributed by atoms with E-state index in [-0.39, 0.29) is 24.3 Å². The molecule has 164 valence electrons. The molecule has 1 aliphatic heterocycles. The zero-order valence-electron chi connectivity index (χ0n) is 18.3. The number of hydrogen-bond acceptors (Lipinski definition) is 3. The first kappa shape index (κ1) is 21.6. The highest BCUT2D eigenvalue weighted by Crippen LogP contribution is 2.32. The van der Waals surface area contributed by atoms with Crippen molar-refractivity contribution in [2.75, 3.05) is 6.54 Å². The first-order valence-corrected chi connectivity index (χ1v) is 11.0. The molecule has 2 amide bonds. The van der Waals surface area contributed by atoms with Crippen LogP contribution >= 0.6 is 0 Å². The van der Waals surface area contributed by atoms with E-state index in [1.54, 1.807) is 11.8 Å². The van der Waals surface area contributed by atoms with Crippen LogP contribution in [0.15, 0.2) is 78.9 Å². The van der Waals surface area contributed by atoms with Gasteiger partial charge in [-0.25, -0.2) is 0 Å². The third kappa shape index (κ3) is 5.35. The fraction of sp³-hybridized carbons (Fsp3) is 0.259. The summed E-state index contributed by atoms with van der Waals surface area (Å²) in [6.45, 7) is 3.17. The monoisotopic (exact) mass is 428 g/mol. The van der Waals surface area contributed by atoms with Gasteiger partial charge < -0.3 is 15.0 Å². The lowest BCUT2D eigenvalue weighted by Gasteiger charge is -2.36. The summed E-state index contributed by atoms with van der Waals surface area (Å²) in [5.74, 6) is 0.727. The maximum atomic E-state index is 12.7. The molecule has 5 nitrogen and oxygen atoms in total. The molecule has 1 N–H and O–H groups in total. The predicted octanol–water partition coefficient (Wildman–Crippen LogP) is 4.42. The van der Waals surface area contributed by atoms with Crippen molar-refractivity contribution in [3.05, 3.63) is 101 Å². The molecule has 0 fully saturated rings. The van der Waals surface area contributed by atoms with Crippen LogP contribution in [0.5, 0.6) is 5.75 Å². The summed E-state index contributed by atoms with van der Waals surface area (Å²) in [7, 11) is 0. The van der Waals surface area contributed by atoms with Gasteiger partial charge in [0.15, 0.2) is 0 Å². The van der Waals surface area contributed by atoms with E-state index >= 15 is 0 Å². The molecule has 32 heavy (non-hydrogen) atoms. The predicted molar refractivity (Wildman–Crippen MR) is 124 cm³/mol. The fourth-order valence-electron chi connectivity index (χ4n) is 4.14. The van der Waals surface area contributed by atoms with Crippen LogP contribution in [0.3, 0.4) is 0 Å². The molecule has 0 aliphatic carbocycles. The van der Waals surface area contributed by atoms with Gasteiger partial charge in [-0.15, -0.1) is 0 Å². The van der Waals surface area contributed by atoms with Crippen molar-refractivity contribution in [3.63, 3.8) is 0 Å². The molecule has 0 aromatic heterocycles. The Hall–Kier alpha value is -3.60. The summed E-state index contributed by atoms with van der Waals surface area (Å²) in [4.78, 5) is 26.7. The molecule has 3 aromatic rings. The van der Waals surface area contributed by atoms with Crippen LogP contribution in [0, 0.1) is 0 Å². The van der Waals surface area contributed by atoms with E-state index in [2.05, 4.69) is 11.4 Å². The number of fused-ring (bicyclic) bond motifs is 1. The van der Waals surface area contributed by atoms with Crippen molar-refractivity contribution >= 4 is 11.8 Å². The van der Waals surface area contributed by atoms with Crippen LogP contribution in [0.2, 0.25) is 0 Å². The smallest absolute Gasteiger partial charge is 0.222 e. The van der Waals surface area contributed by atoms with Crippen LogP contribution in [0.25, 0.3) is 0 Å². The average Bonchev–Trinajstić information content (AvgIpc) is 2.83. The van der Waals surface area contributed by atoms with Crippen LogP contribution in [0.1, 0.15) is 41.6 Å². The Labute approximate surface area is 189 Å². The van der Waals surface area contributed by atoms with Crippen LogP contribution in [-0.2, 0) is 29.2 Å². The van der Waals surface area contributed by atoms with Crippen molar-refractivity contribution in [2.45, 2.75) is 39.0 Å². The fourth-order valence-corrected chi connectivity index (χ4v) is 4.14. The van der Waals surface area contributed by atoms with Gasteiger partial charge in [-0.2, -0.15) is 0 Å². The number of carbonyl (C=O) groups excluding carboxylic acids is 2. The third-order valence-corrected chi connectivity index (χ3v) is 5.86. The quantitative estimate of drug-likeness (QED) is 0.606. The summed E-state index contributed by atoms with van der Waals surface area (Å²) in [6, 6.07) is 25.6. The van der Waals surface area contributed by atoms with Gasteiger partial charge in [0.25, 0.3) is 0 Å². The first-order chi connectivity index (χ1) is 15.6. The minimum absolute atomic E-state index is 0.00314. The number of nitrogens with zero attached hydrogens (tertiary/aromatic N) is 1. The zero-order valence-corrected chi connectivity index (χ0v) is 18.3. The van der Waals surface area contributed by atoms with Crippen molar-refractivity contribution < 1.29 is 14.3 Å². The van der Waals surface area contributed by atoms with E-state index in [4.69, 9.17) is 4.74 Å². The van der Waals surface area contributed by atoms with Gasteiger partial charge in [-0.05, 0) is 40.8 Å². The summed E-state index contributed by atoms with van der Waals surface area (Å²) < 4.78 is 5.82. The molecule has 0 spiro atoms. The second kappa shape index (κ2) is 10.1. The molecule has 0 saturated carbocycles. The molecular weight excluding hydrogens is 400 g/mol. The Balaban J connectivity index is 1.32. The summed E-state index contributed by atoms with van der Waals surface area (Å²) in [5, 5.41) is 3.00. The van der Waals surface area contributed by atoms with Crippen molar-refractivity contribution in [1.29, 1.82) is 0 Å². The lowest BCUT2D eigenvalue weighted by atomic mass is 9.90. The van der Waals surface area contributed by atoms with Gasteiger partial charge in [0.2, 0.25) is 11.8 Å². The Morgan fingerprint density at radius 1 is 0.938 bits per heavy atom. The molecule has 0 saturated heterocycles. The van der Waals surface area contributed by atoms with Crippen molar-refractivity contribution in [1.82, 2.24) is 10.2 Å². The second-order valence-electron chi connectivity index (χ2n) is 8.08. The highest BCUT2D eigenvalue weighted by Gasteiger charge is 2.30. The van der Waals surface area contributed by atoms with Gasteiger partial charge in [-0.3, -0.25) is 9.59 Å². The second-order valence-corrected chi connectivity index (χ2v) is 8.08. The number of hydrogen-bond donors (Lipinski definition) is 1. The number of ether oxygens (including phenoxy) is 1. The summed E-state index contributed by atoms with van der Waals surface area (Å²) >= 11 is 0. The molecule has 4 rings (SSSR count). The molecule has 1 aliphatic rings. The van der Waals surface area contributed by atoms with E-state index in [1.807, 2.05) is 72.8 Å². The maximum Gasteiger partial charge on any atom is 0.222 e. The number of nitrogens with one attached hydrogen (secondary N) is 1. The van der Waals surface area contributed by atoms with Gasteiger partial charge in [-0.1, -0.05) is 66.7 Å². The Morgan fingerprint density at radius 2 is 1.66 bits per heavy atom. The van der Waals surface area contributed by atoms with Gasteiger partial charge in [0.1, 0.15) is 12.4 Å². The van der Waals surface area contributed by atoms with E-state index in [0.29, 0.717) is 19.7 Å². The summed E-state index contributed by atoms with van der Waals surface area (Å²) in [5.41, 5.74) is 4.41. The van der Waals surface area contributed by atoms with Crippen LogP contribution < -0.4 is 10.1 Å². The minimum Gasteiger partial charge on any atom is -0.489 e. The van der Waals surface area contributed by atoms with Gasteiger partial charge >= 0.3 is 0 Å². The minimum atomic E-state index is -0.216. The summed E-state index contributed by atoms with van der Waals surface area (Å²) in [6.07, 6.45) is 1.08. The number of benzene rings is 3. The largest absolute Gasteiger partial charge is 0.489 e. The highest BCUT2D eigenvalue weighted by molar-refractivity contribution is 5.79. The highest BCUT2D eigenvalue weighted by atomic mass is 16.5. The maximum absolute atomic E-state index is 12.7. The Morgan fingerprint density at radius 3 is 2.41 bits per heavy atom. The molecule has 5 heteroatoms. The Kier molecular flexibility index (Phi) is 6.85. The standard InChI is InChI=1S/C27H28N2O3/c1-20(30)29-16-15-23-9-5-6-10-25(23)26(29)17-27(31)28-18-21-11-13-24(14-12-21)32-19-22-7-3-2-4-8-22/h2-14,26H,15-19H2,1H3,(H,28,31). The van der Waals surface area contributed by atoms with Crippen LogP contribution in [-0.4, -0.2) is 23.3 Å². The molecule has 3 aromatic carbocycles. The van der Waals surface area contributed by atoms with E-state index in [1.165, 1.54) is 5.56 Å². The number of amides is 2. The molecule has 1 atom stereocenters. The first-order valence-electron chi connectivity index (χ1n) is 11.0. The third-order valence-electron chi connectivity index (χ3n) is 5.86. The van der Waals surface area contributed by atoms with Crippen molar-refractivity contribution in [2.24, 2.45) is 0 Å². The topological polar surface area (TPSA) is 58.6 Å². The Bertz CT molecular complexity index is 1060.